The van der Waals surface area contributed by atoms with E-state index in [9.17, 15) is 14.4 Å². The van der Waals surface area contributed by atoms with E-state index >= 15 is 0 Å². The molecular formula is C77H118O6. The molecule has 0 heterocycles. The molecule has 6 heteroatoms. The van der Waals surface area contributed by atoms with E-state index in [2.05, 4.69) is 215 Å². The standard InChI is InChI=1S/C77H118O6/c1-4-7-10-13-16-19-22-25-28-31-33-35-37-38-40-41-43-46-49-52-55-58-61-64-67-70-76(79)82-73-74(72-81-75(78)69-66-63-60-57-54-51-48-45-30-27-24-21-18-15-12-9-6-3)83-77(80)71-68-65-62-59-56-53-50-47-44-42-39-36-34-32-29-26-23-20-17-14-11-8-5-2/h7-12,16-21,25-30,33-36,38,40,42,44,48,50-51,53,57,60,74H,4-6,13-15,22-24,31-32,37,39,41,43,45-47,49,52,54-56,58-59,61-73H2,1-3H3/b10-7-,11-8-,12-9-,19-16-,20-17-,21-18-,28-25-,29-26-,30-27-,35-33-,36-34-,40-38-,44-42-,51-48-,53-50-,60-57-. The Kier molecular flexibility index (Phi) is 64.0. The first-order valence-corrected chi connectivity index (χ1v) is 32.9. The fraction of sp³-hybridized carbons (Fsp3) is 0.545. The summed E-state index contributed by atoms with van der Waals surface area (Å²) in [6.07, 6.45) is 104. The number of carbonyl (C=O) groups is 3. The smallest absolute Gasteiger partial charge is 0.306 e. The molecule has 0 aromatic heterocycles. The van der Waals surface area contributed by atoms with Crippen molar-refractivity contribution in [1.29, 1.82) is 0 Å². The van der Waals surface area contributed by atoms with Crippen molar-refractivity contribution in [3.05, 3.63) is 194 Å². The van der Waals surface area contributed by atoms with Gasteiger partial charge in [0.15, 0.2) is 6.10 Å². The molecule has 83 heavy (non-hydrogen) atoms. The van der Waals surface area contributed by atoms with E-state index in [1.165, 1.54) is 38.5 Å². The molecule has 0 N–H and O–H groups in total. The summed E-state index contributed by atoms with van der Waals surface area (Å²) in [5.74, 6) is -1.02. The molecule has 0 aliphatic rings. The SMILES string of the molecule is CC/C=C\C/C=C\C/C=C\C/C=C\C/C=C\C/C=C\CCCCCCC(=O)OC(COC(=O)CCC/C=C\C/C=C\C/C=C\C/C=C\C/C=C\CC)COC(=O)CCCCCCCCCCC/C=C\C/C=C\C/C=C\C/C=C\C/C=C\CC. The molecule has 0 rings (SSSR count). The van der Waals surface area contributed by atoms with Gasteiger partial charge in [0.05, 0.1) is 0 Å². The highest BCUT2D eigenvalue weighted by Gasteiger charge is 2.19. The largest absolute Gasteiger partial charge is 0.462 e. The normalized spacial score (nSPS) is 13.4. The van der Waals surface area contributed by atoms with Crippen LogP contribution >= 0.6 is 0 Å². The van der Waals surface area contributed by atoms with Crippen LogP contribution in [0.2, 0.25) is 0 Å². The van der Waals surface area contributed by atoms with Crippen molar-refractivity contribution < 1.29 is 28.6 Å². The third-order valence-electron chi connectivity index (χ3n) is 13.1. The maximum Gasteiger partial charge on any atom is 0.306 e. The first-order chi connectivity index (χ1) is 41.0. The van der Waals surface area contributed by atoms with Gasteiger partial charge >= 0.3 is 17.9 Å². The topological polar surface area (TPSA) is 78.9 Å². The predicted molar refractivity (Wildman–Crippen MR) is 361 cm³/mol. The van der Waals surface area contributed by atoms with Gasteiger partial charge in [-0.1, -0.05) is 273 Å². The third-order valence-corrected chi connectivity index (χ3v) is 13.1. The van der Waals surface area contributed by atoms with Crippen LogP contribution in [0.1, 0.15) is 252 Å². The quantitative estimate of drug-likeness (QED) is 0.0261. The third kappa shape index (κ3) is 66.9. The van der Waals surface area contributed by atoms with Crippen LogP contribution in [-0.2, 0) is 28.6 Å². The Labute approximate surface area is 509 Å². The molecule has 0 aliphatic carbocycles. The molecule has 6 nitrogen and oxygen atoms in total. The lowest BCUT2D eigenvalue weighted by Crippen LogP contribution is -2.30. The number of ether oxygens (including phenoxy) is 3. The molecule has 0 saturated carbocycles. The summed E-state index contributed by atoms with van der Waals surface area (Å²) in [4.78, 5) is 38.4. The molecule has 1 unspecified atom stereocenters. The molecule has 0 spiro atoms. The Morgan fingerprint density at radius 2 is 0.446 bits per heavy atom. The molecule has 1 atom stereocenters. The minimum absolute atomic E-state index is 0.120. The molecule has 0 aromatic rings. The lowest BCUT2D eigenvalue weighted by atomic mass is 10.1. The average Bonchev–Trinajstić information content (AvgIpc) is 3.49. The number of unbranched alkanes of at least 4 members (excludes halogenated alkanes) is 14. The number of hydrogen-bond donors (Lipinski definition) is 0. The number of hydrogen-bond acceptors (Lipinski definition) is 6. The maximum atomic E-state index is 12.9. The minimum atomic E-state index is -0.832. The fourth-order valence-corrected chi connectivity index (χ4v) is 8.27. The van der Waals surface area contributed by atoms with Crippen molar-refractivity contribution in [1.82, 2.24) is 0 Å². The van der Waals surface area contributed by atoms with Gasteiger partial charge in [0.2, 0.25) is 0 Å². The van der Waals surface area contributed by atoms with Crippen LogP contribution in [0.25, 0.3) is 0 Å². The lowest BCUT2D eigenvalue weighted by molar-refractivity contribution is -0.167. The van der Waals surface area contributed by atoms with Gasteiger partial charge in [0.25, 0.3) is 0 Å². The Morgan fingerprint density at radius 3 is 0.723 bits per heavy atom. The second kappa shape index (κ2) is 68.7. The van der Waals surface area contributed by atoms with Crippen molar-refractivity contribution in [2.24, 2.45) is 0 Å². The van der Waals surface area contributed by atoms with Gasteiger partial charge in [0.1, 0.15) is 13.2 Å². The zero-order valence-corrected chi connectivity index (χ0v) is 52.9. The van der Waals surface area contributed by atoms with E-state index in [1.807, 2.05) is 0 Å². The minimum Gasteiger partial charge on any atom is -0.462 e. The van der Waals surface area contributed by atoms with Gasteiger partial charge in [-0.15, -0.1) is 0 Å². The number of carbonyl (C=O) groups excluding carboxylic acids is 3. The summed E-state index contributed by atoms with van der Waals surface area (Å²) < 4.78 is 16.9. The molecule has 0 saturated heterocycles. The van der Waals surface area contributed by atoms with Crippen molar-refractivity contribution >= 4 is 17.9 Å². The summed E-state index contributed by atoms with van der Waals surface area (Å²) in [6.45, 7) is 6.21. The second-order valence-corrected chi connectivity index (χ2v) is 20.9. The zero-order valence-electron chi connectivity index (χ0n) is 52.9. The van der Waals surface area contributed by atoms with Crippen molar-refractivity contribution in [2.45, 2.75) is 258 Å². The molecule has 0 radical (unpaired) electrons. The molecule has 0 bridgehead atoms. The zero-order chi connectivity index (χ0) is 59.9. The highest BCUT2D eigenvalue weighted by Crippen LogP contribution is 2.14. The highest BCUT2D eigenvalue weighted by molar-refractivity contribution is 5.71. The van der Waals surface area contributed by atoms with Crippen LogP contribution in [0.4, 0.5) is 0 Å². The van der Waals surface area contributed by atoms with Gasteiger partial charge in [0, 0.05) is 19.3 Å². The van der Waals surface area contributed by atoms with Crippen molar-refractivity contribution in [2.75, 3.05) is 13.2 Å². The van der Waals surface area contributed by atoms with E-state index in [4.69, 9.17) is 14.2 Å². The number of allylic oxidation sites excluding steroid dienone is 32. The maximum absolute atomic E-state index is 12.9. The summed E-state index contributed by atoms with van der Waals surface area (Å²) >= 11 is 0. The molecule has 0 amide bonds. The number of esters is 3. The van der Waals surface area contributed by atoms with Crippen LogP contribution in [0.5, 0.6) is 0 Å². The van der Waals surface area contributed by atoms with E-state index in [0.29, 0.717) is 12.8 Å². The van der Waals surface area contributed by atoms with Crippen LogP contribution in [0, 0.1) is 0 Å². The molecule has 0 fully saturated rings. The molecular weight excluding hydrogens is 1020 g/mol. The monoisotopic (exact) mass is 1140 g/mol. The molecule has 462 valence electrons. The van der Waals surface area contributed by atoms with E-state index in [1.54, 1.807) is 0 Å². The Bertz CT molecular complexity index is 1990. The summed E-state index contributed by atoms with van der Waals surface area (Å²) in [6, 6.07) is 0. The Hall–Kier alpha value is -5.75. The fourth-order valence-electron chi connectivity index (χ4n) is 8.27. The number of rotatable bonds is 57. The summed E-state index contributed by atoms with van der Waals surface area (Å²) in [5, 5.41) is 0. The van der Waals surface area contributed by atoms with Gasteiger partial charge in [-0.25, -0.2) is 0 Å². The summed E-state index contributed by atoms with van der Waals surface area (Å²) in [7, 11) is 0. The lowest BCUT2D eigenvalue weighted by Gasteiger charge is -2.18. The van der Waals surface area contributed by atoms with E-state index < -0.39 is 6.10 Å². The Balaban J connectivity index is 4.55. The van der Waals surface area contributed by atoms with Crippen LogP contribution in [0.15, 0.2) is 194 Å². The van der Waals surface area contributed by atoms with E-state index in [0.717, 1.165) is 167 Å². The molecule has 0 aliphatic heterocycles. The van der Waals surface area contributed by atoms with Gasteiger partial charge in [-0.05, 0) is 154 Å². The average molecular weight is 1140 g/mol. The van der Waals surface area contributed by atoms with Crippen LogP contribution < -0.4 is 0 Å². The summed E-state index contributed by atoms with van der Waals surface area (Å²) in [5.41, 5.74) is 0. The Morgan fingerprint density at radius 1 is 0.241 bits per heavy atom. The van der Waals surface area contributed by atoms with Crippen LogP contribution in [0.3, 0.4) is 0 Å². The van der Waals surface area contributed by atoms with Crippen molar-refractivity contribution in [3.63, 3.8) is 0 Å². The van der Waals surface area contributed by atoms with Gasteiger partial charge in [-0.2, -0.15) is 0 Å². The predicted octanol–water partition coefficient (Wildman–Crippen LogP) is 23.0. The second-order valence-electron chi connectivity index (χ2n) is 20.9. The van der Waals surface area contributed by atoms with Crippen LogP contribution in [-0.4, -0.2) is 37.2 Å². The van der Waals surface area contributed by atoms with E-state index in [-0.39, 0.29) is 44.0 Å². The first-order valence-electron chi connectivity index (χ1n) is 32.9. The van der Waals surface area contributed by atoms with Gasteiger partial charge in [-0.3, -0.25) is 14.4 Å². The van der Waals surface area contributed by atoms with Crippen molar-refractivity contribution in [3.8, 4) is 0 Å². The molecule has 0 aromatic carbocycles. The first kappa shape index (κ1) is 77.2. The highest BCUT2D eigenvalue weighted by atomic mass is 16.6. The van der Waals surface area contributed by atoms with Gasteiger partial charge < -0.3 is 14.2 Å².